The van der Waals surface area contributed by atoms with E-state index in [1.165, 1.54) is 0 Å². The van der Waals surface area contributed by atoms with Gasteiger partial charge in [-0.2, -0.15) is 0 Å². The molecule has 0 saturated carbocycles. The number of carbonyl (C=O) groups is 1. The Kier molecular flexibility index (Phi) is 2.81. The molecule has 1 aliphatic rings. The van der Waals surface area contributed by atoms with Gasteiger partial charge in [0, 0.05) is 6.04 Å². The lowest BCUT2D eigenvalue weighted by molar-refractivity contribution is -0.110. The molecular weight excluding hydrogens is 146 g/mol. The Hall–Kier alpha value is -0.440. The summed E-state index contributed by atoms with van der Waals surface area (Å²) in [5, 5.41) is 2.75. The predicted octanol–water partition coefficient (Wildman–Crippen LogP) is 1.10. The Bertz CT molecular complexity index is 156. The maximum Gasteiger partial charge on any atom is 0.207 e. The van der Waals surface area contributed by atoms with Crippen LogP contribution in [0.4, 0.5) is 0 Å². The molecule has 1 atom stereocenters. The molecule has 1 N–H and O–H groups in total. The molecule has 0 heterocycles. The summed E-state index contributed by atoms with van der Waals surface area (Å²) in [6.07, 6.45) is 5.77. The Morgan fingerprint density at radius 1 is 1.80 bits per heavy atom. The topological polar surface area (TPSA) is 29.1 Å². The number of thiol groups is 1. The highest BCUT2D eigenvalue weighted by Gasteiger charge is 2.10. The molecule has 1 rings (SSSR count). The number of hydrogen-bond donors (Lipinski definition) is 2. The molecule has 0 radical (unpaired) electrons. The van der Waals surface area contributed by atoms with Crippen LogP contribution in [0.1, 0.15) is 19.3 Å². The van der Waals surface area contributed by atoms with E-state index < -0.39 is 0 Å². The van der Waals surface area contributed by atoms with Crippen LogP contribution in [-0.4, -0.2) is 12.5 Å². The summed E-state index contributed by atoms with van der Waals surface area (Å²) < 4.78 is 0. The van der Waals surface area contributed by atoms with Crippen LogP contribution in [0.3, 0.4) is 0 Å². The molecule has 0 aromatic rings. The van der Waals surface area contributed by atoms with E-state index in [0.717, 1.165) is 30.6 Å². The lowest BCUT2D eigenvalue weighted by Crippen LogP contribution is -2.28. The molecule has 1 unspecified atom stereocenters. The lowest BCUT2D eigenvalue weighted by Gasteiger charge is -2.18. The molecule has 0 spiro atoms. The van der Waals surface area contributed by atoms with Gasteiger partial charge in [0.05, 0.1) is 0 Å². The lowest BCUT2D eigenvalue weighted by atomic mass is 10.0. The van der Waals surface area contributed by atoms with Gasteiger partial charge in [0.1, 0.15) is 0 Å². The second-order valence-electron chi connectivity index (χ2n) is 2.45. The SMILES string of the molecule is O=CNC1CC=C(S)CC1. The summed E-state index contributed by atoms with van der Waals surface area (Å²) in [5.74, 6) is 0. The molecule has 0 aromatic carbocycles. The third-order valence-corrected chi connectivity index (χ3v) is 2.10. The van der Waals surface area contributed by atoms with Crippen LogP contribution in [-0.2, 0) is 4.79 Å². The number of hydrogen-bond acceptors (Lipinski definition) is 2. The van der Waals surface area contributed by atoms with Crippen molar-refractivity contribution in [2.24, 2.45) is 0 Å². The monoisotopic (exact) mass is 157 g/mol. The maximum atomic E-state index is 10.0. The minimum Gasteiger partial charge on any atom is -0.356 e. The first kappa shape index (κ1) is 7.66. The third kappa shape index (κ3) is 2.06. The first-order valence-corrected chi connectivity index (χ1v) is 3.85. The van der Waals surface area contributed by atoms with Crippen molar-refractivity contribution in [1.29, 1.82) is 0 Å². The van der Waals surface area contributed by atoms with Gasteiger partial charge >= 0.3 is 0 Å². The van der Waals surface area contributed by atoms with Gasteiger partial charge in [0.25, 0.3) is 0 Å². The molecular formula is C7H11NOS. The third-order valence-electron chi connectivity index (χ3n) is 1.69. The van der Waals surface area contributed by atoms with Crippen molar-refractivity contribution in [3.05, 3.63) is 11.0 Å². The summed E-state index contributed by atoms with van der Waals surface area (Å²) in [7, 11) is 0. The van der Waals surface area contributed by atoms with Gasteiger partial charge in [0.2, 0.25) is 6.41 Å². The van der Waals surface area contributed by atoms with Gasteiger partial charge in [-0.25, -0.2) is 0 Å². The van der Waals surface area contributed by atoms with E-state index in [1.54, 1.807) is 0 Å². The van der Waals surface area contributed by atoms with E-state index in [9.17, 15) is 4.79 Å². The number of allylic oxidation sites excluding steroid dienone is 1. The average molecular weight is 157 g/mol. The summed E-state index contributed by atoms with van der Waals surface area (Å²) >= 11 is 4.22. The summed E-state index contributed by atoms with van der Waals surface area (Å²) in [5.41, 5.74) is 0. The Balaban J connectivity index is 2.34. The zero-order valence-electron chi connectivity index (χ0n) is 5.71. The first-order chi connectivity index (χ1) is 4.83. The fourth-order valence-corrected chi connectivity index (χ4v) is 1.30. The second-order valence-corrected chi connectivity index (χ2v) is 3.03. The highest BCUT2D eigenvalue weighted by atomic mass is 32.1. The van der Waals surface area contributed by atoms with E-state index in [-0.39, 0.29) is 0 Å². The Morgan fingerprint density at radius 2 is 2.60 bits per heavy atom. The minimum atomic E-state index is 0.341. The van der Waals surface area contributed by atoms with Gasteiger partial charge in [-0.05, 0) is 24.2 Å². The smallest absolute Gasteiger partial charge is 0.207 e. The van der Waals surface area contributed by atoms with Crippen molar-refractivity contribution in [3.8, 4) is 0 Å². The maximum absolute atomic E-state index is 10.0. The molecule has 0 saturated heterocycles. The fourth-order valence-electron chi connectivity index (χ4n) is 1.07. The van der Waals surface area contributed by atoms with E-state index in [1.807, 2.05) is 0 Å². The molecule has 0 aromatic heterocycles. The van der Waals surface area contributed by atoms with Gasteiger partial charge in [-0.15, -0.1) is 12.6 Å². The fraction of sp³-hybridized carbons (Fsp3) is 0.571. The molecule has 0 bridgehead atoms. The molecule has 0 aliphatic heterocycles. The van der Waals surface area contributed by atoms with Crippen LogP contribution >= 0.6 is 12.6 Å². The number of rotatable bonds is 2. The number of nitrogens with one attached hydrogen (secondary N) is 1. The normalized spacial score (nSPS) is 25.3. The van der Waals surface area contributed by atoms with Crippen molar-refractivity contribution in [2.45, 2.75) is 25.3 Å². The summed E-state index contributed by atoms with van der Waals surface area (Å²) in [6, 6.07) is 0.341. The highest BCUT2D eigenvalue weighted by Crippen LogP contribution is 2.19. The molecule has 0 fully saturated rings. The van der Waals surface area contributed by atoms with Gasteiger partial charge in [-0.3, -0.25) is 4.79 Å². The minimum absolute atomic E-state index is 0.341. The summed E-state index contributed by atoms with van der Waals surface area (Å²) in [6.45, 7) is 0. The van der Waals surface area contributed by atoms with Crippen molar-refractivity contribution in [2.75, 3.05) is 0 Å². The molecule has 2 nitrogen and oxygen atoms in total. The van der Waals surface area contributed by atoms with Crippen LogP contribution in [0.15, 0.2) is 11.0 Å². The molecule has 56 valence electrons. The predicted molar refractivity (Wildman–Crippen MR) is 43.9 cm³/mol. The average Bonchev–Trinajstić information content (AvgIpc) is 1.95. The summed E-state index contributed by atoms with van der Waals surface area (Å²) in [4.78, 5) is 11.1. The van der Waals surface area contributed by atoms with Crippen LogP contribution in [0, 0.1) is 0 Å². The quantitative estimate of drug-likeness (QED) is 0.456. The van der Waals surface area contributed by atoms with Crippen LogP contribution in [0.2, 0.25) is 0 Å². The second kappa shape index (κ2) is 3.66. The van der Waals surface area contributed by atoms with Gasteiger partial charge < -0.3 is 5.32 Å². The van der Waals surface area contributed by atoms with E-state index in [0.29, 0.717) is 6.04 Å². The van der Waals surface area contributed by atoms with Crippen LogP contribution in [0.5, 0.6) is 0 Å². The van der Waals surface area contributed by atoms with Crippen molar-refractivity contribution < 1.29 is 4.79 Å². The Labute approximate surface area is 66.1 Å². The largest absolute Gasteiger partial charge is 0.356 e. The highest BCUT2D eigenvalue weighted by molar-refractivity contribution is 7.84. The standard InChI is InChI=1S/C7H11NOS/c9-5-8-6-1-3-7(10)4-2-6/h3,5-6,10H,1-2,4H2,(H,8,9). The Morgan fingerprint density at radius 3 is 3.10 bits per heavy atom. The van der Waals surface area contributed by atoms with E-state index in [2.05, 4.69) is 24.0 Å². The molecule has 1 aliphatic carbocycles. The first-order valence-electron chi connectivity index (χ1n) is 3.40. The van der Waals surface area contributed by atoms with E-state index >= 15 is 0 Å². The van der Waals surface area contributed by atoms with E-state index in [4.69, 9.17) is 0 Å². The zero-order chi connectivity index (χ0) is 7.40. The number of amides is 1. The number of carbonyl (C=O) groups excluding carboxylic acids is 1. The van der Waals surface area contributed by atoms with Crippen LogP contribution in [0.25, 0.3) is 0 Å². The van der Waals surface area contributed by atoms with Crippen molar-refractivity contribution in [3.63, 3.8) is 0 Å². The van der Waals surface area contributed by atoms with Gasteiger partial charge in [0.15, 0.2) is 0 Å². The zero-order valence-corrected chi connectivity index (χ0v) is 6.60. The van der Waals surface area contributed by atoms with Crippen molar-refractivity contribution in [1.82, 2.24) is 5.32 Å². The molecule has 3 heteroatoms. The van der Waals surface area contributed by atoms with Crippen LogP contribution < -0.4 is 5.32 Å². The molecule has 1 amide bonds. The van der Waals surface area contributed by atoms with Crippen molar-refractivity contribution >= 4 is 19.0 Å². The molecule has 10 heavy (non-hydrogen) atoms. The van der Waals surface area contributed by atoms with Gasteiger partial charge in [-0.1, -0.05) is 6.08 Å².